The third-order valence-corrected chi connectivity index (χ3v) is 1.60. The molecule has 14 heavy (non-hydrogen) atoms. The van der Waals surface area contributed by atoms with Crippen molar-refractivity contribution in [2.75, 3.05) is 7.11 Å². The molecule has 0 radical (unpaired) electrons. The van der Waals surface area contributed by atoms with Crippen molar-refractivity contribution in [3.8, 4) is 0 Å². The van der Waals surface area contributed by atoms with Gasteiger partial charge in [-0.3, -0.25) is 0 Å². The van der Waals surface area contributed by atoms with Gasteiger partial charge in [0.15, 0.2) is 0 Å². The summed E-state index contributed by atoms with van der Waals surface area (Å²) in [4.78, 5) is 10.7. The van der Waals surface area contributed by atoms with E-state index < -0.39 is 11.8 Å². The standard InChI is InChI=1S/C10H9FO3/c1-14-10(13)6-9(12)7-2-4-8(11)5-3-7/h2-6,12H,1H3/b9-6-. The molecule has 0 unspecified atom stereocenters. The highest BCUT2D eigenvalue weighted by atomic mass is 19.1. The van der Waals surface area contributed by atoms with E-state index in [1.165, 1.54) is 31.4 Å². The van der Waals surface area contributed by atoms with E-state index in [9.17, 15) is 14.3 Å². The molecule has 1 aromatic carbocycles. The first-order valence-electron chi connectivity index (χ1n) is 3.88. The number of hydrogen-bond acceptors (Lipinski definition) is 3. The molecule has 0 aliphatic heterocycles. The molecule has 0 heterocycles. The molecule has 0 saturated heterocycles. The molecule has 0 bridgehead atoms. The lowest BCUT2D eigenvalue weighted by molar-refractivity contribution is -0.134. The van der Waals surface area contributed by atoms with Crippen molar-refractivity contribution in [1.82, 2.24) is 0 Å². The second kappa shape index (κ2) is 4.41. The monoisotopic (exact) mass is 196 g/mol. The van der Waals surface area contributed by atoms with Crippen LogP contribution in [0.5, 0.6) is 0 Å². The van der Waals surface area contributed by atoms with Crippen molar-refractivity contribution in [3.63, 3.8) is 0 Å². The maximum Gasteiger partial charge on any atom is 0.334 e. The number of aliphatic hydroxyl groups excluding tert-OH is 1. The number of hydrogen-bond donors (Lipinski definition) is 1. The fourth-order valence-electron chi connectivity index (χ4n) is 0.875. The number of methoxy groups -OCH3 is 1. The van der Waals surface area contributed by atoms with Crippen LogP contribution in [0.2, 0.25) is 0 Å². The average molecular weight is 196 g/mol. The van der Waals surface area contributed by atoms with Gasteiger partial charge in [-0.05, 0) is 24.3 Å². The summed E-state index contributed by atoms with van der Waals surface area (Å²) >= 11 is 0. The number of ether oxygens (including phenoxy) is 1. The van der Waals surface area contributed by atoms with Crippen LogP contribution in [0.25, 0.3) is 5.76 Å². The van der Waals surface area contributed by atoms with Gasteiger partial charge in [0.25, 0.3) is 0 Å². The lowest BCUT2D eigenvalue weighted by Gasteiger charge is -1.99. The fourth-order valence-corrected chi connectivity index (χ4v) is 0.875. The normalized spacial score (nSPS) is 11.1. The first-order chi connectivity index (χ1) is 6.63. The molecule has 0 aliphatic rings. The Morgan fingerprint density at radius 3 is 2.50 bits per heavy atom. The van der Waals surface area contributed by atoms with E-state index in [4.69, 9.17) is 0 Å². The Labute approximate surface area is 80.4 Å². The maximum atomic E-state index is 12.5. The minimum absolute atomic E-state index is 0.253. The molecule has 1 aromatic rings. The molecule has 0 aromatic heterocycles. The highest BCUT2D eigenvalue weighted by Gasteiger charge is 2.02. The first-order valence-corrected chi connectivity index (χ1v) is 3.88. The topological polar surface area (TPSA) is 46.5 Å². The van der Waals surface area contributed by atoms with Gasteiger partial charge in [0.1, 0.15) is 11.6 Å². The van der Waals surface area contributed by atoms with E-state index in [1.807, 2.05) is 0 Å². The summed E-state index contributed by atoms with van der Waals surface area (Å²) in [6.45, 7) is 0. The Morgan fingerprint density at radius 2 is 2.00 bits per heavy atom. The highest BCUT2D eigenvalue weighted by molar-refractivity contribution is 5.89. The molecular weight excluding hydrogens is 187 g/mol. The Morgan fingerprint density at radius 1 is 1.43 bits per heavy atom. The quantitative estimate of drug-likeness (QED) is 0.446. The second-order valence-electron chi connectivity index (χ2n) is 2.56. The van der Waals surface area contributed by atoms with E-state index in [0.29, 0.717) is 5.56 Å². The summed E-state index contributed by atoms with van der Waals surface area (Å²) < 4.78 is 16.8. The van der Waals surface area contributed by atoms with E-state index in [2.05, 4.69) is 4.74 Å². The predicted octanol–water partition coefficient (Wildman–Crippen LogP) is 1.90. The largest absolute Gasteiger partial charge is 0.507 e. The molecule has 4 heteroatoms. The van der Waals surface area contributed by atoms with E-state index >= 15 is 0 Å². The van der Waals surface area contributed by atoms with Gasteiger partial charge in [0, 0.05) is 5.56 Å². The van der Waals surface area contributed by atoms with Crippen molar-refractivity contribution in [2.45, 2.75) is 0 Å². The van der Waals surface area contributed by atoms with Crippen LogP contribution in [-0.2, 0) is 9.53 Å². The Bertz CT molecular complexity index is 354. The van der Waals surface area contributed by atoms with E-state index in [0.717, 1.165) is 6.08 Å². The third kappa shape index (κ3) is 2.58. The zero-order valence-corrected chi connectivity index (χ0v) is 7.53. The van der Waals surface area contributed by atoms with Crippen molar-refractivity contribution in [2.24, 2.45) is 0 Å². The lowest BCUT2D eigenvalue weighted by atomic mass is 10.2. The fraction of sp³-hybridized carbons (Fsp3) is 0.100. The SMILES string of the molecule is COC(=O)/C=C(\O)c1ccc(F)cc1. The molecule has 0 atom stereocenters. The molecule has 74 valence electrons. The van der Waals surface area contributed by atoms with Crippen molar-refractivity contribution in [1.29, 1.82) is 0 Å². The summed E-state index contributed by atoms with van der Waals surface area (Å²) in [6, 6.07) is 5.11. The van der Waals surface area contributed by atoms with Gasteiger partial charge >= 0.3 is 5.97 Å². The minimum atomic E-state index is -0.660. The summed E-state index contributed by atoms with van der Waals surface area (Å²) in [7, 11) is 1.21. The Hall–Kier alpha value is -1.84. The van der Waals surface area contributed by atoms with Crippen molar-refractivity contribution < 1.29 is 19.0 Å². The zero-order valence-electron chi connectivity index (χ0n) is 7.53. The molecule has 3 nitrogen and oxygen atoms in total. The van der Waals surface area contributed by atoms with E-state index in [-0.39, 0.29) is 5.76 Å². The number of aliphatic hydroxyl groups is 1. The molecule has 0 spiro atoms. The van der Waals surface area contributed by atoms with Gasteiger partial charge in [0.2, 0.25) is 0 Å². The average Bonchev–Trinajstić information content (AvgIpc) is 2.18. The number of carbonyl (C=O) groups excluding carboxylic acids is 1. The molecule has 0 aliphatic carbocycles. The van der Waals surface area contributed by atoms with Gasteiger partial charge in [-0.15, -0.1) is 0 Å². The van der Waals surface area contributed by atoms with Gasteiger partial charge in [0.05, 0.1) is 13.2 Å². The zero-order chi connectivity index (χ0) is 10.6. The predicted molar refractivity (Wildman–Crippen MR) is 49.0 cm³/mol. The summed E-state index contributed by atoms with van der Waals surface area (Å²) in [6.07, 6.45) is 0.924. The Balaban J connectivity index is 2.89. The van der Waals surface area contributed by atoms with Gasteiger partial charge in [-0.2, -0.15) is 0 Å². The summed E-state index contributed by atoms with van der Waals surface area (Å²) in [5.41, 5.74) is 0.358. The van der Waals surface area contributed by atoms with Crippen LogP contribution in [0.4, 0.5) is 4.39 Å². The number of benzene rings is 1. The van der Waals surface area contributed by atoms with E-state index in [1.54, 1.807) is 0 Å². The number of esters is 1. The molecular formula is C10H9FO3. The highest BCUT2D eigenvalue weighted by Crippen LogP contribution is 2.11. The lowest BCUT2D eigenvalue weighted by Crippen LogP contribution is -1.96. The number of halogens is 1. The minimum Gasteiger partial charge on any atom is -0.507 e. The van der Waals surface area contributed by atoms with Crippen LogP contribution in [0.15, 0.2) is 30.3 Å². The molecule has 1 rings (SSSR count). The molecule has 1 N–H and O–H groups in total. The Kier molecular flexibility index (Phi) is 3.23. The van der Waals surface area contributed by atoms with Crippen LogP contribution >= 0.6 is 0 Å². The van der Waals surface area contributed by atoms with Crippen LogP contribution in [0.1, 0.15) is 5.56 Å². The second-order valence-corrected chi connectivity index (χ2v) is 2.56. The maximum absolute atomic E-state index is 12.5. The number of carbonyl (C=O) groups is 1. The molecule has 0 saturated carbocycles. The van der Waals surface area contributed by atoms with Crippen LogP contribution < -0.4 is 0 Å². The van der Waals surface area contributed by atoms with Crippen molar-refractivity contribution in [3.05, 3.63) is 41.7 Å². The summed E-state index contributed by atoms with van der Waals surface area (Å²) in [5, 5.41) is 9.35. The smallest absolute Gasteiger partial charge is 0.334 e. The third-order valence-electron chi connectivity index (χ3n) is 1.60. The van der Waals surface area contributed by atoms with Crippen LogP contribution in [-0.4, -0.2) is 18.2 Å². The molecule has 0 fully saturated rings. The number of rotatable bonds is 2. The van der Waals surface area contributed by atoms with Gasteiger partial charge < -0.3 is 9.84 Å². The first kappa shape index (κ1) is 10.2. The van der Waals surface area contributed by atoms with Crippen LogP contribution in [0.3, 0.4) is 0 Å². The van der Waals surface area contributed by atoms with Crippen LogP contribution in [0, 0.1) is 5.82 Å². The molecule has 0 amide bonds. The van der Waals surface area contributed by atoms with Crippen molar-refractivity contribution >= 4 is 11.7 Å². The van der Waals surface area contributed by atoms with Gasteiger partial charge in [-0.1, -0.05) is 0 Å². The summed E-state index contributed by atoms with van der Waals surface area (Å²) in [5.74, 6) is -1.32. The van der Waals surface area contributed by atoms with Gasteiger partial charge in [-0.25, -0.2) is 9.18 Å².